The quantitative estimate of drug-likeness (QED) is 0.426. The highest BCUT2D eigenvalue weighted by Gasteiger charge is 2.19. The highest BCUT2D eigenvalue weighted by Crippen LogP contribution is 2.35. The smallest absolute Gasteiger partial charge is 0.331 e. The molecule has 3 rings (SSSR count). The molecule has 1 aromatic carbocycles. The number of amides is 1. The van der Waals surface area contributed by atoms with E-state index in [9.17, 15) is 14.9 Å². The second-order valence-corrected chi connectivity index (χ2v) is 5.40. The van der Waals surface area contributed by atoms with Crippen LogP contribution in [0, 0.1) is 17.0 Å². The standard InChI is InChI=1S/C18H14N4O4/c1-3-16(23)21-13-6-7-15(12-5-4-8-19-17(12)13)26-18-14(22(24)25)9-11(2)10-20-18/h3-10H,1H2,2H3,(H,21,23). The van der Waals surface area contributed by atoms with Crippen molar-refractivity contribution in [2.75, 3.05) is 5.32 Å². The first kappa shape index (κ1) is 17.0. The van der Waals surface area contributed by atoms with Crippen LogP contribution in [0.3, 0.4) is 0 Å². The number of benzene rings is 1. The van der Waals surface area contributed by atoms with Gasteiger partial charge in [0.15, 0.2) is 0 Å². The predicted octanol–water partition coefficient (Wildman–Crippen LogP) is 3.76. The summed E-state index contributed by atoms with van der Waals surface area (Å²) in [6.07, 6.45) is 4.21. The lowest BCUT2D eigenvalue weighted by Gasteiger charge is -2.11. The molecule has 1 amide bonds. The van der Waals surface area contributed by atoms with Gasteiger partial charge in [0, 0.05) is 23.8 Å². The normalized spacial score (nSPS) is 10.3. The number of nitro groups is 1. The average Bonchev–Trinajstić information content (AvgIpc) is 2.64. The highest BCUT2D eigenvalue weighted by atomic mass is 16.6. The molecule has 26 heavy (non-hydrogen) atoms. The molecule has 130 valence electrons. The largest absolute Gasteiger partial charge is 0.433 e. The SMILES string of the molecule is C=CC(=O)Nc1ccc(Oc2ncc(C)cc2[N+](=O)[O-])c2cccnc12. The van der Waals surface area contributed by atoms with E-state index in [1.165, 1.54) is 12.3 Å². The van der Waals surface area contributed by atoms with E-state index in [0.717, 1.165) is 6.08 Å². The molecule has 0 saturated carbocycles. The number of aromatic nitrogens is 2. The van der Waals surface area contributed by atoms with Gasteiger partial charge in [0.05, 0.1) is 16.1 Å². The van der Waals surface area contributed by atoms with Crippen LogP contribution >= 0.6 is 0 Å². The number of hydrogen-bond donors (Lipinski definition) is 1. The van der Waals surface area contributed by atoms with Crippen molar-refractivity contribution in [3.63, 3.8) is 0 Å². The molecule has 0 aliphatic rings. The van der Waals surface area contributed by atoms with E-state index in [2.05, 4.69) is 21.9 Å². The highest BCUT2D eigenvalue weighted by molar-refractivity contribution is 6.05. The summed E-state index contributed by atoms with van der Waals surface area (Å²) in [4.78, 5) is 30.6. The molecule has 0 spiro atoms. The molecule has 0 aliphatic heterocycles. The Morgan fingerprint density at radius 2 is 2.15 bits per heavy atom. The number of nitrogens with zero attached hydrogens (tertiary/aromatic N) is 3. The number of carbonyl (C=O) groups excluding carboxylic acids is 1. The molecular weight excluding hydrogens is 336 g/mol. The van der Waals surface area contributed by atoms with E-state index < -0.39 is 4.92 Å². The second kappa shape index (κ2) is 6.98. The van der Waals surface area contributed by atoms with Gasteiger partial charge < -0.3 is 10.1 Å². The van der Waals surface area contributed by atoms with E-state index in [0.29, 0.717) is 27.9 Å². The minimum absolute atomic E-state index is 0.117. The van der Waals surface area contributed by atoms with Gasteiger partial charge in [-0.1, -0.05) is 6.58 Å². The lowest BCUT2D eigenvalue weighted by molar-refractivity contribution is -0.386. The second-order valence-electron chi connectivity index (χ2n) is 5.40. The maximum atomic E-state index is 11.6. The van der Waals surface area contributed by atoms with Gasteiger partial charge in [-0.3, -0.25) is 19.9 Å². The number of aryl methyl sites for hydroxylation is 1. The molecule has 0 aliphatic carbocycles. The third-order valence-corrected chi connectivity index (χ3v) is 3.55. The Kier molecular flexibility index (Phi) is 4.57. The maximum Gasteiger partial charge on any atom is 0.331 e. The van der Waals surface area contributed by atoms with E-state index >= 15 is 0 Å². The van der Waals surface area contributed by atoms with E-state index in [1.807, 2.05) is 0 Å². The van der Waals surface area contributed by atoms with Crippen molar-refractivity contribution >= 4 is 28.2 Å². The minimum Gasteiger partial charge on any atom is -0.433 e. The van der Waals surface area contributed by atoms with Gasteiger partial charge in [0.2, 0.25) is 5.91 Å². The number of pyridine rings is 2. The Morgan fingerprint density at radius 3 is 2.88 bits per heavy atom. The molecule has 0 saturated heterocycles. The first-order chi connectivity index (χ1) is 12.5. The predicted molar refractivity (Wildman–Crippen MR) is 96.3 cm³/mol. The summed E-state index contributed by atoms with van der Waals surface area (Å²) in [6, 6.07) is 8.02. The summed E-state index contributed by atoms with van der Waals surface area (Å²) in [5.74, 6) is -0.153. The zero-order chi connectivity index (χ0) is 18.7. The third kappa shape index (κ3) is 3.34. The van der Waals surface area contributed by atoms with Crippen LogP contribution in [0.1, 0.15) is 5.56 Å². The van der Waals surface area contributed by atoms with Crippen LogP contribution in [0.5, 0.6) is 11.6 Å². The molecule has 2 heterocycles. The fourth-order valence-electron chi connectivity index (χ4n) is 2.37. The summed E-state index contributed by atoms with van der Waals surface area (Å²) in [7, 11) is 0. The van der Waals surface area contributed by atoms with Gasteiger partial charge in [0.25, 0.3) is 5.88 Å². The number of rotatable bonds is 5. The Hall–Kier alpha value is -3.81. The van der Waals surface area contributed by atoms with Crippen molar-refractivity contribution in [2.24, 2.45) is 0 Å². The van der Waals surface area contributed by atoms with Crippen molar-refractivity contribution in [1.82, 2.24) is 9.97 Å². The molecule has 0 atom stereocenters. The van der Waals surface area contributed by atoms with Crippen molar-refractivity contribution in [3.05, 3.63) is 71.1 Å². The maximum absolute atomic E-state index is 11.6. The lowest BCUT2D eigenvalue weighted by atomic mass is 10.1. The topological polar surface area (TPSA) is 107 Å². The number of ether oxygens (including phenoxy) is 1. The molecule has 0 radical (unpaired) electrons. The zero-order valence-electron chi connectivity index (χ0n) is 13.8. The molecule has 0 unspecified atom stereocenters. The molecule has 2 aromatic heterocycles. The average molecular weight is 350 g/mol. The monoisotopic (exact) mass is 350 g/mol. The van der Waals surface area contributed by atoms with E-state index in [1.54, 1.807) is 37.4 Å². The van der Waals surface area contributed by atoms with Crippen molar-refractivity contribution in [1.29, 1.82) is 0 Å². The van der Waals surface area contributed by atoms with Crippen molar-refractivity contribution in [2.45, 2.75) is 6.92 Å². The van der Waals surface area contributed by atoms with Crippen LogP contribution in [0.2, 0.25) is 0 Å². The van der Waals surface area contributed by atoms with Crippen molar-refractivity contribution < 1.29 is 14.5 Å². The Morgan fingerprint density at radius 1 is 1.35 bits per heavy atom. The summed E-state index contributed by atoms with van der Waals surface area (Å²) in [5.41, 5.74) is 1.38. The van der Waals surface area contributed by atoms with Crippen LogP contribution in [-0.4, -0.2) is 20.8 Å². The van der Waals surface area contributed by atoms with Gasteiger partial charge in [0.1, 0.15) is 5.75 Å². The first-order valence-corrected chi connectivity index (χ1v) is 7.59. The Balaban J connectivity index is 2.08. The van der Waals surface area contributed by atoms with Crippen LogP contribution in [0.15, 0.2) is 55.4 Å². The molecule has 0 bridgehead atoms. The molecule has 0 fully saturated rings. The van der Waals surface area contributed by atoms with Gasteiger partial charge >= 0.3 is 5.69 Å². The van der Waals surface area contributed by atoms with Crippen LogP contribution in [-0.2, 0) is 4.79 Å². The zero-order valence-corrected chi connectivity index (χ0v) is 13.8. The van der Waals surface area contributed by atoms with Crippen molar-refractivity contribution in [3.8, 4) is 11.6 Å². The number of fused-ring (bicyclic) bond motifs is 1. The van der Waals surface area contributed by atoms with Gasteiger partial charge in [-0.05, 0) is 42.8 Å². The van der Waals surface area contributed by atoms with Gasteiger partial charge in [-0.15, -0.1) is 0 Å². The van der Waals surface area contributed by atoms with Gasteiger partial charge in [-0.25, -0.2) is 4.98 Å². The molecule has 1 N–H and O–H groups in total. The number of hydrogen-bond acceptors (Lipinski definition) is 6. The number of carbonyl (C=O) groups is 1. The Bertz CT molecular complexity index is 1030. The van der Waals surface area contributed by atoms with Gasteiger partial charge in [-0.2, -0.15) is 0 Å². The summed E-state index contributed by atoms with van der Waals surface area (Å²) in [5, 5.41) is 14.5. The number of nitrogens with one attached hydrogen (secondary N) is 1. The summed E-state index contributed by atoms with van der Waals surface area (Å²) < 4.78 is 5.70. The van der Waals surface area contributed by atoms with E-state index in [-0.39, 0.29) is 17.5 Å². The first-order valence-electron chi connectivity index (χ1n) is 7.59. The fourth-order valence-corrected chi connectivity index (χ4v) is 2.37. The summed E-state index contributed by atoms with van der Waals surface area (Å²) >= 11 is 0. The van der Waals surface area contributed by atoms with E-state index in [4.69, 9.17) is 4.74 Å². The molecule has 3 aromatic rings. The number of anilines is 1. The molecular formula is C18H14N4O4. The minimum atomic E-state index is -0.547. The fraction of sp³-hybridized carbons (Fsp3) is 0.0556. The third-order valence-electron chi connectivity index (χ3n) is 3.55. The van der Waals surface area contributed by atoms with Crippen LogP contribution in [0.25, 0.3) is 10.9 Å². The van der Waals surface area contributed by atoms with Crippen LogP contribution < -0.4 is 10.1 Å². The molecule has 8 nitrogen and oxygen atoms in total. The van der Waals surface area contributed by atoms with Crippen LogP contribution in [0.4, 0.5) is 11.4 Å². The lowest BCUT2D eigenvalue weighted by Crippen LogP contribution is -2.08. The molecule has 8 heteroatoms. The Labute approximate surface area is 148 Å². The summed E-state index contributed by atoms with van der Waals surface area (Å²) in [6.45, 7) is 5.12.